The molecule has 31 heavy (non-hydrogen) atoms. The van der Waals surface area contributed by atoms with Crippen LogP contribution in [0.15, 0.2) is 84.2 Å². The fraction of sp³-hybridized carbons (Fsp3) is 0.250. The number of carbonyl (C=O) groups is 2. The monoisotopic (exact) mass is 421 g/mol. The molecule has 0 radical (unpaired) electrons. The summed E-state index contributed by atoms with van der Waals surface area (Å²) >= 11 is 0. The van der Waals surface area contributed by atoms with Gasteiger partial charge in [0.05, 0.1) is 24.2 Å². The first-order chi connectivity index (χ1) is 15.0. The highest BCUT2D eigenvalue weighted by molar-refractivity contribution is 5.72. The van der Waals surface area contributed by atoms with E-state index in [-0.39, 0.29) is 12.8 Å². The van der Waals surface area contributed by atoms with Crippen LogP contribution in [0.1, 0.15) is 50.0 Å². The van der Waals surface area contributed by atoms with Gasteiger partial charge >= 0.3 is 11.9 Å². The molecule has 0 aliphatic carbocycles. The van der Waals surface area contributed by atoms with Crippen LogP contribution in [-0.4, -0.2) is 11.9 Å². The SMILES string of the molecule is C=CCC(=O)OC(C)c1cccc(N=NNc2ccccc2)c1C(C)OC(=O)CC=C. The summed E-state index contributed by atoms with van der Waals surface area (Å²) < 4.78 is 11.0. The smallest absolute Gasteiger partial charge is 0.310 e. The number of anilines is 1. The maximum atomic E-state index is 12.0. The van der Waals surface area contributed by atoms with Gasteiger partial charge in [0.1, 0.15) is 12.2 Å². The predicted molar refractivity (Wildman–Crippen MR) is 120 cm³/mol. The van der Waals surface area contributed by atoms with Gasteiger partial charge in [0.25, 0.3) is 0 Å². The molecule has 7 heteroatoms. The number of hydrogen-bond donors (Lipinski definition) is 1. The van der Waals surface area contributed by atoms with Crippen LogP contribution in [0.2, 0.25) is 0 Å². The molecule has 0 heterocycles. The van der Waals surface area contributed by atoms with Gasteiger partial charge < -0.3 is 9.47 Å². The highest BCUT2D eigenvalue weighted by Crippen LogP contribution is 2.36. The summed E-state index contributed by atoms with van der Waals surface area (Å²) in [6.07, 6.45) is 1.92. The Kier molecular flexibility index (Phi) is 9.16. The van der Waals surface area contributed by atoms with E-state index in [9.17, 15) is 9.59 Å². The van der Waals surface area contributed by atoms with Crippen LogP contribution in [0.25, 0.3) is 0 Å². The van der Waals surface area contributed by atoms with Crippen molar-refractivity contribution in [1.29, 1.82) is 0 Å². The average Bonchev–Trinajstić information content (AvgIpc) is 2.74. The van der Waals surface area contributed by atoms with Crippen LogP contribution in [0, 0.1) is 0 Å². The van der Waals surface area contributed by atoms with Crippen LogP contribution in [0.3, 0.4) is 0 Å². The van der Waals surface area contributed by atoms with Crippen molar-refractivity contribution in [2.75, 3.05) is 5.43 Å². The summed E-state index contributed by atoms with van der Waals surface area (Å²) in [5, 5.41) is 8.34. The second-order valence-electron chi connectivity index (χ2n) is 6.71. The number of para-hydroxylation sites is 1. The molecule has 2 unspecified atom stereocenters. The minimum absolute atomic E-state index is 0.0861. The third-order valence-electron chi connectivity index (χ3n) is 4.31. The molecule has 0 spiro atoms. The number of benzene rings is 2. The van der Waals surface area contributed by atoms with E-state index in [4.69, 9.17) is 9.47 Å². The van der Waals surface area contributed by atoms with E-state index in [0.29, 0.717) is 16.8 Å². The van der Waals surface area contributed by atoms with E-state index >= 15 is 0 Å². The minimum Gasteiger partial charge on any atom is -0.458 e. The second-order valence-corrected chi connectivity index (χ2v) is 6.71. The highest BCUT2D eigenvalue weighted by atomic mass is 16.5. The number of esters is 2. The molecule has 2 rings (SSSR count). The zero-order valence-electron chi connectivity index (χ0n) is 17.8. The molecule has 2 aromatic carbocycles. The number of nitrogens with zero attached hydrogens (tertiary/aromatic N) is 2. The van der Waals surface area contributed by atoms with Gasteiger partial charge in [0.2, 0.25) is 0 Å². The highest BCUT2D eigenvalue weighted by Gasteiger charge is 2.23. The third-order valence-corrected chi connectivity index (χ3v) is 4.31. The van der Waals surface area contributed by atoms with Gasteiger partial charge in [-0.1, -0.05) is 47.7 Å². The van der Waals surface area contributed by atoms with Crippen molar-refractivity contribution < 1.29 is 19.1 Å². The molecule has 0 aromatic heterocycles. The van der Waals surface area contributed by atoms with E-state index < -0.39 is 24.1 Å². The first-order valence-electron chi connectivity index (χ1n) is 9.91. The fourth-order valence-electron chi connectivity index (χ4n) is 2.95. The number of ether oxygens (including phenoxy) is 2. The van der Waals surface area contributed by atoms with Gasteiger partial charge in [-0.2, -0.15) is 0 Å². The Morgan fingerprint density at radius 1 is 0.935 bits per heavy atom. The summed E-state index contributed by atoms with van der Waals surface area (Å²) in [4.78, 5) is 24.0. The van der Waals surface area contributed by atoms with Crippen molar-refractivity contribution in [2.24, 2.45) is 10.3 Å². The average molecular weight is 421 g/mol. The molecule has 2 atom stereocenters. The molecule has 0 fully saturated rings. The lowest BCUT2D eigenvalue weighted by atomic mass is 9.97. The lowest BCUT2D eigenvalue weighted by molar-refractivity contribution is -0.149. The van der Waals surface area contributed by atoms with Crippen molar-refractivity contribution in [3.8, 4) is 0 Å². The molecule has 0 saturated carbocycles. The van der Waals surface area contributed by atoms with Crippen LogP contribution < -0.4 is 5.43 Å². The zero-order valence-corrected chi connectivity index (χ0v) is 17.8. The van der Waals surface area contributed by atoms with E-state index in [1.807, 2.05) is 36.4 Å². The summed E-state index contributed by atoms with van der Waals surface area (Å²) in [6.45, 7) is 10.6. The Labute approximate surface area is 182 Å². The summed E-state index contributed by atoms with van der Waals surface area (Å²) in [6, 6.07) is 14.7. The Bertz CT molecular complexity index is 941. The van der Waals surface area contributed by atoms with Crippen molar-refractivity contribution >= 4 is 23.3 Å². The molecule has 1 N–H and O–H groups in total. The Morgan fingerprint density at radius 2 is 1.55 bits per heavy atom. The van der Waals surface area contributed by atoms with Crippen molar-refractivity contribution in [2.45, 2.75) is 38.9 Å². The van der Waals surface area contributed by atoms with Crippen LogP contribution in [0.4, 0.5) is 11.4 Å². The van der Waals surface area contributed by atoms with Gasteiger partial charge in [0.15, 0.2) is 0 Å². The summed E-state index contributed by atoms with van der Waals surface area (Å²) in [5.74, 6) is -0.818. The molecule has 162 valence electrons. The Morgan fingerprint density at radius 3 is 2.16 bits per heavy atom. The number of rotatable bonds is 11. The Hall–Kier alpha value is -3.74. The fourth-order valence-corrected chi connectivity index (χ4v) is 2.95. The van der Waals surface area contributed by atoms with E-state index in [0.717, 1.165) is 5.69 Å². The zero-order chi connectivity index (χ0) is 22.6. The molecular formula is C24H27N3O4. The number of nitrogens with one attached hydrogen (secondary N) is 1. The van der Waals surface area contributed by atoms with Crippen molar-refractivity contribution in [3.05, 3.63) is 85.0 Å². The summed E-state index contributed by atoms with van der Waals surface area (Å²) in [5.41, 5.74) is 5.41. The van der Waals surface area contributed by atoms with Crippen LogP contribution in [0.5, 0.6) is 0 Å². The molecule has 0 amide bonds. The quantitative estimate of drug-likeness (QED) is 0.203. The lowest BCUT2D eigenvalue weighted by Gasteiger charge is -2.22. The van der Waals surface area contributed by atoms with Gasteiger partial charge in [-0.05, 0) is 32.0 Å². The minimum atomic E-state index is -0.644. The van der Waals surface area contributed by atoms with Crippen molar-refractivity contribution in [1.82, 2.24) is 0 Å². The molecule has 0 bridgehead atoms. The van der Waals surface area contributed by atoms with E-state index in [1.165, 1.54) is 12.2 Å². The van der Waals surface area contributed by atoms with Crippen molar-refractivity contribution in [3.63, 3.8) is 0 Å². The van der Waals surface area contributed by atoms with Crippen LogP contribution in [-0.2, 0) is 19.1 Å². The lowest BCUT2D eigenvalue weighted by Crippen LogP contribution is -2.14. The molecular weight excluding hydrogens is 394 g/mol. The normalized spacial score (nSPS) is 12.6. The topological polar surface area (TPSA) is 89.3 Å². The largest absolute Gasteiger partial charge is 0.458 e. The molecule has 7 nitrogen and oxygen atoms in total. The van der Waals surface area contributed by atoms with Gasteiger partial charge in [-0.15, -0.1) is 18.3 Å². The van der Waals surface area contributed by atoms with Gasteiger partial charge in [0, 0.05) is 11.1 Å². The number of carbonyl (C=O) groups excluding carboxylic acids is 2. The van der Waals surface area contributed by atoms with Crippen LogP contribution >= 0.6 is 0 Å². The molecule has 2 aromatic rings. The number of hydrogen-bond acceptors (Lipinski definition) is 6. The van der Waals surface area contributed by atoms with Gasteiger partial charge in [-0.25, -0.2) is 0 Å². The third kappa shape index (κ3) is 7.22. The molecule has 0 aliphatic rings. The maximum Gasteiger partial charge on any atom is 0.310 e. The van der Waals surface area contributed by atoms with E-state index in [1.54, 1.807) is 26.0 Å². The second kappa shape index (κ2) is 12.1. The van der Waals surface area contributed by atoms with E-state index in [2.05, 4.69) is 28.9 Å². The maximum absolute atomic E-state index is 12.0. The molecule has 0 saturated heterocycles. The van der Waals surface area contributed by atoms with Gasteiger partial charge in [-0.3, -0.25) is 15.0 Å². The summed E-state index contributed by atoms with van der Waals surface area (Å²) in [7, 11) is 0. The predicted octanol–water partition coefficient (Wildman–Crippen LogP) is 6.16. The first-order valence-corrected chi connectivity index (χ1v) is 9.91. The standard InChI is InChI=1S/C24H27N3O4/c1-5-11-22(28)30-17(3)20-15-10-16-21(24(20)18(4)31-23(29)12-6-2)26-27-25-19-13-8-7-9-14-19/h5-10,13-18H,1-2,11-12H2,3-4H3,(H,25,26). The first kappa shape index (κ1) is 23.5. The molecule has 0 aliphatic heterocycles. The Balaban J connectivity index is 2.36.